The molecule has 0 aliphatic carbocycles. The lowest BCUT2D eigenvalue weighted by atomic mass is 10.1. The summed E-state index contributed by atoms with van der Waals surface area (Å²) in [5.41, 5.74) is 3.89. The molecule has 1 aromatic heterocycles. The van der Waals surface area contributed by atoms with Gasteiger partial charge in [-0.15, -0.1) is 5.10 Å². The van der Waals surface area contributed by atoms with Gasteiger partial charge >= 0.3 is 0 Å². The molecule has 2 aromatic carbocycles. The van der Waals surface area contributed by atoms with Crippen molar-refractivity contribution in [2.45, 2.75) is 13.8 Å². The Kier molecular flexibility index (Phi) is 5.78. The van der Waals surface area contributed by atoms with Crippen molar-refractivity contribution in [3.05, 3.63) is 47.7 Å². The third-order valence-electron chi connectivity index (χ3n) is 4.14. The minimum atomic E-state index is 0.395. The first-order valence-electron chi connectivity index (χ1n) is 8.65. The highest BCUT2D eigenvalue weighted by Crippen LogP contribution is 2.40. The number of hydrogen-bond donors (Lipinski definition) is 2. The lowest BCUT2D eigenvalue weighted by Crippen LogP contribution is -2.04. The summed E-state index contributed by atoms with van der Waals surface area (Å²) in [5, 5.41) is 14.5. The summed E-state index contributed by atoms with van der Waals surface area (Å²) in [6.07, 6.45) is 1.54. The third kappa shape index (κ3) is 4.22. The third-order valence-corrected chi connectivity index (χ3v) is 4.14. The van der Waals surface area contributed by atoms with Gasteiger partial charge in [-0.25, -0.2) is 0 Å². The van der Waals surface area contributed by atoms with Crippen LogP contribution in [-0.4, -0.2) is 36.5 Å². The molecule has 8 heteroatoms. The van der Waals surface area contributed by atoms with Crippen LogP contribution in [0.1, 0.15) is 11.1 Å². The molecule has 3 aromatic rings. The Labute approximate surface area is 163 Å². The van der Waals surface area contributed by atoms with Gasteiger partial charge < -0.3 is 24.8 Å². The molecule has 28 heavy (non-hydrogen) atoms. The lowest BCUT2D eigenvalue weighted by molar-refractivity contribution is 0.324. The molecule has 146 valence electrons. The topological polar surface area (TPSA) is 90.4 Å². The van der Waals surface area contributed by atoms with E-state index in [0.717, 1.165) is 16.8 Å². The van der Waals surface area contributed by atoms with E-state index in [4.69, 9.17) is 14.2 Å². The molecule has 1 heterocycles. The van der Waals surface area contributed by atoms with Gasteiger partial charge in [-0.3, -0.25) is 0 Å². The average molecular weight is 381 g/mol. The van der Waals surface area contributed by atoms with Gasteiger partial charge in [-0.1, -0.05) is 12.1 Å². The highest BCUT2D eigenvalue weighted by atomic mass is 16.5. The van der Waals surface area contributed by atoms with Gasteiger partial charge in [0.1, 0.15) is 0 Å². The van der Waals surface area contributed by atoms with E-state index in [0.29, 0.717) is 34.7 Å². The molecule has 0 saturated heterocycles. The van der Waals surface area contributed by atoms with Gasteiger partial charge in [0, 0.05) is 23.5 Å². The molecule has 0 bridgehead atoms. The largest absolute Gasteiger partial charge is 0.493 e. The maximum atomic E-state index is 5.38. The van der Waals surface area contributed by atoms with E-state index in [9.17, 15) is 0 Å². The van der Waals surface area contributed by atoms with Crippen LogP contribution in [0.3, 0.4) is 0 Å². The van der Waals surface area contributed by atoms with E-state index < -0.39 is 0 Å². The molecule has 0 amide bonds. The van der Waals surface area contributed by atoms with Crippen LogP contribution in [0.15, 0.2) is 36.5 Å². The summed E-state index contributed by atoms with van der Waals surface area (Å²) in [4.78, 5) is 4.48. The second kappa shape index (κ2) is 8.43. The molecule has 0 aliphatic rings. The van der Waals surface area contributed by atoms with E-state index in [1.165, 1.54) is 6.20 Å². The minimum Gasteiger partial charge on any atom is -0.493 e. The molecule has 0 saturated carbocycles. The minimum absolute atomic E-state index is 0.395. The van der Waals surface area contributed by atoms with Gasteiger partial charge in [-0.05, 0) is 31.0 Å². The summed E-state index contributed by atoms with van der Waals surface area (Å²) in [5.74, 6) is 2.53. The molecule has 8 nitrogen and oxygen atoms in total. The predicted molar refractivity (Wildman–Crippen MR) is 108 cm³/mol. The molecular weight excluding hydrogens is 358 g/mol. The standard InChI is InChI=1S/C20H23N5O3/c1-12-6-7-13(2)15(8-12)23-20-24-18(11-21-25-20)22-14-9-16(26-3)19(28-5)17(10-14)27-4/h6-11H,1-5H3,(H2,22,23,24,25). The van der Waals surface area contributed by atoms with Crippen LogP contribution < -0.4 is 24.8 Å². The molecule has 0 atom stereocenters. The monoisotopic (exact) mass is 381 g/mol. The Morgan fingerprint density at radius 1 is 0.857 bits per heavy atom. The first-order chi connectivity index (χ1) is 13.5. The van der Waals surface area contributed by atoms with Gasteiger partial charge in [0.15, 0.2) is 17.3 Å². The number of benzene rings is 2. The van der Waals surface area contributed by atoms with Crippen LogP contribution in [0.5, 0.6) is 17.2 Å². The van der Waals surface area contributed by atoms with Gasteiger partial charge in [0.25, 0.3) is 0 Å². The Morgan fingerprint density at radius 2 is 1.57 bits per heavy atom. The Balaban J connectivity index is 1.86. The quantitative estimate of drug-likeness (QED) is 0.635. The maximum absolute atomic E-state index is 5.38. The van der Waals surface area contributed by atoms with Crippen molar-refractivity contribution >= 4 is 23.1 Å². The van der Waals surface area contributed by atoms with Crippen LogP contribution in [-0.2, 0) is 0 Å². The number of aryl methyl sites for hydroxylation is 2. The Bertz CT molecular complexity index is 953. The fourth-order valence-electron chi connectivity index (χ4n) is 2.71. The highest BCUT2D eigenvalue weighted by Gasteiger charge is 2.14. The summed E-state index contributed by atoms with van der Waals surface area (Å²) >= 11 is 0. The predicted octanol–water partition coefficient (Wildman–Crippen LogP) is 4.00. The zero-order chi connectivity index (χ0) is 20.1. The Morgan fingerprint density at radius 3 is 2.21 bits per heavy atom. The zero-order valence-electron chi connectivity index (χ0n) is 16.5. The number of rotatable bonds is 7. The fourth-order valence-corrected chi connectivity index (χ4v) is 2.71. The van der Waals surface area contributed by atoms with Crippen molar-refractivity contribution in [1.82, 2.24) is 15.2 Å². The molecule has 0 fully saturated rings. The summed E-state index contributed by atoms with van der Waals surface area (Å²) < 4.78 is 16.1. The molecular formula is C20H23N5O3. The van der Waals surface area contributed by atoms with Crippen molar-refractivity contribution < 1.29 is 14.2 Å². The summed E-state index contributed by atoms with van der Waals surface area (Å²) in [7, 11) is 4.70. The lowest BCUT2D eigenvalue weighted by Gasteiger charge is -2.15. The number of methoxy groups -OCH3 is 3. The summed E-state index contributed by atoms with van der Waals surface area (Å²) in [6, 6.07) is 9.73. The normalized spacial score (nSPS) is 10.3. The molecule has 0 unspecified atom stereocenters. The van der Waals surface area contributed by atoms with Crippen molar-refractivity contribution in [2.75, 3.05) is 32.0 Å². The van der Waals surface area contributed by atoms with Crippen LogP contribution in [0.4, 0.5) is 23.1 Å². The van der Waals surface area contributed by atoms with Crippen LogP contribution in [0, 0.1) is 13.8 Å². The van der Waals surface area contributed by atoms with Crippen LogP contribution in [0.2, 0.25) is 0 Å². The van der Waals surface area contributed by atoms with E-state index in [1.807, 2.05) is 26.0 Å². The van der Waals surface area contributed by atoms with Gasteiger partial charge in [0.05, 0.1) is 27.5 Å². The molecule has 0 aliphatic heterocycles. The number of nitrogens with zero attached hydrogens (tertiary/aromatic N) is 3. The average Bonchev–Trinajstić information content (AvgIpc) is 2.70. The van der Waals surface area contributed by atoms with Crippen LogP contribution in [0.25, 0.3) is 0 Å². The van der Waals surface area contributed by atoms with Crippen molar-refractivity contribution in [3.63, 3.8) is 0 Å². The smallest absolute Gasteiger partial charge is 0.249 e. The molecule has 0 radical (unpaired) electrons. The second-order valence-electron chi connectivity index (χ2n) is 6.15. The van der Waals surface area contributed by atoms with Crippen LogP contribution >= 0.6 is 0 Å². The van der Waals surface area contributed by atoms with Gasteiger partial charge in [0.2, 0.25) is 11.7 Å². The molecule has 3 rings (SSSR count). The fraction of sp³-hybridized carbons (Fsp3) is 0.250. The van der Waals surface area contributed by atoms with Crippen molar-refractivity contribution in [1.29, 1.82) is 0 Å². The number of aromatic nitrogens is 3. The van der Waals surface area contributed by atoms with E-state index in [-0.39, 0.29) is 0 Å². The van der Waals surface area contributed by atoms with E-state index in [2.05, 4.69) is 31.9 Å². The number of nitrogens with one attached hydrogen (secondary N) is 2. The second-order valence-corrected chi connectivity index (χ2v) is 6.15. The molecule has 2 N–H and O–H groups in total. The SMILES string of the molecule is COc1cc(Nc2cnnc(Nc3cc(C)ccc3C)n2)cc(OC)c1OC. The maximum Gasteiger partial charge on any atom is 0.249 e. The first-order valence-corrected chi connectivity index (χ1v) is 8.65. The number of hydrogen-bond acceptors (Lipinski definition) is 8. The van der Waals surface area contributed by atoms with Gasteiger partial charge in [-0.2, -0.15) is 10.1 Å². The van der Waals surface area contributed by atoms with E-state index >= 15 is 0 Å². The number of anilines is 4. The van der Waals surface area contributed by atoms with Crippen molar-refractivity contribution in [2.24, 2.45) is 0 Å². The highest BCUT2D eigenvalue weighted by molar-refractivity contribution is 5.67. The zero-order valence-corrected chi connectivity index (χ0v) is 16.5. The van der Waals surface area contributed by atoms with E-state index in [1.54, 1.807) is 33.5 Å². The summed E-state index contributed by atoms with van der Waals surface area (Å²) in [6.45, 7) is 4.05. The molecule has 0 spiro atoms. The van der Waals surface area contributed by atoms with Crippen molar-refractivity contribution in [3.8, 4) is 17.2 Å². The first kappa shape index (κ1) is 19.2. The Hall–Kier alpha value is -3.55. The number of ether oxygens (including phenoxy) is 3.